The van der Waals surface area contributed by atoms with Crippen LogP contribution in [0.5, 0.6) is 0 Å². The van der Waals surface area contributed by atoms with E-state index >= 15 is 0 Å². The molecule has 0 aromatic carbocycles. The second-order valence-electron chi connectivity index (χ2n) is 7.25. The standard InChI is InChI=1S/C18H23N5O/c1-13-5-7-23-10-14(20-16(23)9-13)17(24)21-15(18(2,3)4)11-22-8-6-19-12-22/h5-10,12,15H,11H2,1-4H3,(H,21,24)/t15-/m0/s1. The lowest BCUT2D eigenvalue weighted by atomic mass is 9.86. The highest BCUT2D eigenvalue weighted by Gasteiger charge is 2.27. The number of aryl methyl sites for hydroxylation is 1. The molecule has 0 bridgehead atoms. The minimum Gasteiger partial charge on any atom is -0.346 e. The molecule has 0 aliphatic rings. The van der Waals surface area contributed by atoms with Gasteiger partial charge in [0.15, 0.2) is 0 Å². The number of rotatable bonds is 4. The van der Waals surface area contributed by atoms with E-state index in [0.717, 1.165) is 11.2 Å². The van der Waals surface area contributed by atoms with Crippen molar-refractivity contribution in [3.8, 4) is 0 Å². The number of nitrogens with one attached hydrogen (secondary N) is 1. The molecule has 6 nitrogen and oxygen atoms in total. The molecule has 0 aliphatic heterocycles. The summed E-state index contributed by atoms with van der Waals surface area (Å²) in [7, 11) is 0. The number of fused-ring (bicyclic) bond motifs is 1. The lowest BCUT2D eigenvalue weighted by Gasteiger charge is -2.31. The Morgan fingerprint density at radius 2 is 2.12 bits per heavy atom. The van der Waals surface area contributed by atoms with Gasteiger partial charge in [0.1, 0.15) is 11.3 Å². The number of amides is 1. The van der Waals surface area contributed by atoms with Crippen LogP contribution in [-0.4, -0.2) is 30.9 Å². The van der Waals surface area contributed by atoms with Crippen molar-refractivity contribution in [1.82, 2.24) is 24.3 Å². The van der Waals surface area contributed by atoms with Crippen LogP contribution in [-0.2, 0) is 6.54 Å². The molecular weight excluding hydrogens is 302 g/mol. The summed E-state index contributed by atoms with van der Waals surface area (Å²) in [6.45, 7) is 9.02. The molecule has 3 aromatic heterocycles. The fourth-order valence-corrected chi connectivity index (χ4v) is 2.57. The maximum Gasteiger partial charge on any atom is 0.271 e. The zero-order chi connectivity index (χ0) is 17.3. The topological polar surface area (TPSA) is 64.2 Å². The van der Waals surface area contributed by atoms with Gasteiger partial charge in [-0.15, -0.1) is 0 Å². The van der Waals surface area contributed by atoms with E-state index in [1.165, 1.54) is 0 Å². The Kier molecular flexibility index (Phi) is 4.13. The largest absolute Gasteiger partial charge is 0.346 e. The predicted molar refractivity (Wildman–Crippen MR) is 92.9 cm³/mol. The molecule has 0 saturated carbocycles. The van der Waals surface area contributed by atoms with Crippen molar-refractivity contribution in [3.05, 3.63) is 54.5 Å². The third-order valence-corrected chi connectivity index (χ3v) is 4.15. The van der Waals surface area contributed by atoms with Gasteiger partial charge in [0.2, 0.25) is 0 Å². The second-order valence-corrected chi connectivity index (χ2v) is 7.25. The van der Waals surface area contributed by atoms with Gasteiger partial charge in [-0.2, -0.15) is 0 Å². The SMILES string of the molecule is Cc1ccn2cc(C(=O)N[C@@H](Cn3ccnc3)C(C)(C)C)nc2c1. The second kappa shape index (κ2) is 6.11. The molecule has 1 atom stereocenters. The highest BCUT2D eigenvalue weighted by molar-refractivity contribution is 5.93. The van der Waals surface area contributed by atoms with Crippen LogP contribution in [0.1, 0.15) is 36.8 Å². The number of aromatic nitrogens is 4. The summed E-state index contributed by atoms with van der Waals surface area (Å²) in [6, 6.07) is 3.92. The molecule has 1 N–H and O–H groups in total. The summed E-state index contributed by atoms with van der Waals surface area (Å²) < 4.78 is 3.84. The number of nitrogens with zero attached hydrogens (tertiary/aromatic N) is 4. The van der Waals surface area contributed by atoms with Gasteiger partial charge in [-0.1, -0.05) is 20.8 Å². The number of carbonyl (C=O) groups is 1. The summed E-state index contributed by atoms with van der Waals surface area (Å²) in [5, 5.41) is 3.12. The monoisotopic (exact) mass is 325 g/mol. The van der Waals surface area contributed by atoms with Crippen LogP contribution < -0.4 is 5.32 Å². The Morgan fingerprint density at radius 1 is 1.33 bits per heavy atom. The summed E-state index contributed by atoms with van der Waals surface area (Å²) in [5.41, 5.74) is 2.24. The molecule has 0 spiro atoms. The lowest BCUT2D eigenvalue weighted by molar-refractivity contribution is 0.0888. The Bertz CT molecular complexity index is 842. The van der Waals surface area contributed by atoms with Crippen LogP contribution in [0.15, 0.2) is 43.2 Å². The first kappa shape index (κ1) is 16.2. The quantitative estimate of drug-likeness (QED) is 0.802. The molecule has 126 valence electrons. The van der Waals surface area contributed by atoms with Crippen molar-refractivity contribution >= 4 is 11.6 Å². The molecule has 3 heterocycles. The summed E-state index contributed by atoms with van der Waals surface area (Å²) >= 11 is 0. The minimum absolute atomic E-state index is 0.0363. The van der Waals surface area contributed by atoms with E-state index in [-0.39, 0.29) is 17.4 Å². The first-order valence-corrected chi connectivity index (χ1v) is 8.05. The Morgan fingerprint density at radius 3 is 2.79 bits per heavy atom. The van der Waals surface area contributed by atoms with E-state index in [9.17, 15) is 4.79 Å². The van der Waals surface area contributed by atoms with Gasteiger partial charge >= 0.3 is 0 Å². The average molecular weight is 325 g/mol. The zero-order valence-corrected chi connectivity index (χ0v) is 14.5. The van der Waals surface area contributed by atoms with Crippen molar-refractivity contribution in [3.63, 3.8) is 0 Å². The van der Waals surface area contributed by atoms with Crippen molar-refractivity contribution in [2.75, 3.05) is 0 Å². The normalized spacial score (nSPS) is 13.2. The minimum atomic E-state index is -0.156. The van der Waals surface area contributed by atoms with E-state index in [0.29, 0.717) is 12.2 Å². The number of hydrogen-bond acceptors (Lipinski definition) is 3. The molecule has 0 aliphatic carbocycles. The molecule has 0 fully saturated rings. The van der Waals surface area contributed by atoms with E-state index in [1.807, 2.05) is 40.4 Å². The van der Waals surface area contributed by atoms with Gasteiger partial charge in [0, 0.05) is 31.3 Å². The van der Waals surface area contributed by atoms with E-state index < -0.39 is 0 Å². The third-order valence-electron chi connectivity index (χ3n) is 4.15. The van der Waals surface area contributed by atoms with Crippen LogP contribution in [0.3, 0.4) is 0 Å². The van der Waals surface area contributed by atoms with Gasteiger partial charge in [0.25, 0.3) is 5.91 Å². The van der Waals surface area contributed by atoms with Gasteiger partial charge < -0.3 is 14.3 Å². The zero-order valence-electron chi connectivity index (χ0n) is 14.5. The highest BCUT2D eigenvalue weighted by Crippen LogP contribution is 2.21. The Hall–Kier alpha value is -2.63. The molecule has 0 radical (unpaired) electrons. The summed E-state index contributed by atoms with van der Waals surface area (Å²) in [5.74, 6) is -0.156. The molecule has 0 saturated heterocycles. The number of imidazole rings is 2. The van der Waals surface area contributed by atoms with E-state index in [4.69, 9.17) is 0 Å². The maximum atomic E-state index is 12.7. The molecule has 6 heteroatoms. The number of hydrogen-bond donors (Lipinski definition) is 1. The predicted octanol–water partition coefficient (Wildman–Crippen LogP) is 2.68. The Labute approximate surface area is 141 Å². The molecule has 24 heavy (non-hydrogen) atoms. The van der Waals surface area contributed by atoms with Gasteiger partial charge in [-0.25, -0.2) is 9.97 Å². The fourth-order valence-electron chi connectivity index (χ4n) is 2.57. The van der Waals surface area contributed by atoms with E-state index in [2.05, 4.69) is 36.1 Å². The smallest absolute Gasteiger partial charge is 0.271 e. The summed E-state index contributed by atoms with van der Waals surface area (Å²) in [4.78, 5) is 21.2. The molecule has 0 unspecified atom stereocenters. The molecule has 1 amide bonds. The first-order chi connectivity index (χ1) is 11.3. The fraction of sp³-hybridized carbons (Fsp3) is 0.389. The van der Waals surface area contributed by atoms with E-state index in [1.54, 1.807) is 18.7 Å². The molecular formula is C18H23N5O. The van der Waals surface area contributed by atoms with Crippen LogP contribution >= 0.6 is 0 Å². The highest BCUT2D eigenvalue weighted by atomic mass is 16.2. The molecule has 3 rings (SSSR count). The lowest BCUT2D eigenvalue weighted by Crippen LogP contribution is -2.46. The Balaban J connectivity index is 1.81. The van der Waals surface area contributed by atoms with Crippen LogP contribution in [0.4, 0.5) is 0 Å². The van der Waals surface area contributed by atoms with Crippen LogP contribution in [0.25, 0.3) is 5.65 Å². The third kappa shape index (κ3) is 3.48. The van der Waals surface area contributed by atoms with Gasteiger partial charge in [0.05, 0.1) is 12.4 Å². The van der Waals surface area contributed by atoms with Gasteiger partial charge in [-0.3, -0.25) is 4.79 Å². The summed E-state index contributed by atoms with van der Waals surface area (Å²) in [6.07, 6.45) is 9.09. The molecule has 3 aromatic rings. The number of pyridine rings is 1. The first-order valence-electron chi connectivity index (χ1n) is 8.05. The average Bonchev–Trinajstić information content (AvgIpc) is 3.13. The van der Waals surface area contributed by atoms with Crippen LogP contribution in [0, 0.1) is 12.3 Å². The van der Waals surface area contributed by atoms with Crippen LogP contribution in [0.2, 0.25) is 0 Å². The van der Waals surface area contributed by atoms with Crippen molar-refractivity contribution in [1.29, 1.82) is 0 Å². The maximum absolute atomic E-state index is 12.7. The van der Waals surface area contributed by atoms with Crippen molar-refractivity contribution in [2.45, 2.75) is 40.3 Å². The van der Waals surface area contributed by atoms with Crippen molar-refractivity contribution in [2.24, 2.45) is 5.41 Å². The van der Waals surface area contributed by atoms with Gasteiger partial charge in [-0.05, 0) is 30.0 Å². The van der Waals surface area contributed by atoms with Crippen molar-refractivity contribution < 1.29 is 4.79 Å². The number of carbonyl (C=O) groups excluding carboxylic acids is 1.